The standard InChI is InChI=1S/C75H142NO8P/c1-6-8-10-12-14-16-18-20-22-24-26-28-30-32-34-36-38-40-42-44-46-48-50-52-54-56-58-60-62-64-66-68-75(78)84-73(72-83-85(79,80)82-70-69-76(3,4)5)71-81-74(77)67-65-63-61-59-57-55-53-51-49-47-45-43-41-39-37-35-33-31-29-27-25-23-21-19-17-15-13-11-9-7-2/h8,10,14,16,20,22,26,28,73H,6-7,9,11-13,15,17-19,21,23-25,27,29-72H2,1-5H3/p+1/b10-8-,16-14-,22-20-,28-26-. The number of carbonyl (C=O) groups is 2. The number of phosphoric ester groups is 1. The zero-order valence-corrected chi connectivity index (χ0v) is 58.0. The van der Waals surface area contributed by atoms with Crippen molar-refractivity contribution >= 4 is 19.8 Å². The third-order valence-electron chi connectivity index (χ3n) is 16.6. The molecule has 2 atom stereocenters. The van der Waals surface area contributed by atoms with E-state index in [0.29, 0.717) is 23.9 Å². The molecule has 0 fully saturated rings. The van der Waals surface area contributed by atoms with Gasteiger partial charge >= 0.3 is 19.8 Å². The van der Waals surface area contributed by atoms with E-state index in [1.165, 1.54) is 276 Å². The number of rotatable bonds is 69. The number of hydrogen-bond acceptors (Lipinski definition) is 7. The molecule has 500 valence electrons. The molecule has 0 saturated heterocycles. The number of nitrogens with zero attached hydrogens (tertiary/aromatic N) is 1. The Morgan fingerprint density at radius 1 is 0.376 bits per heavy atom. The van der Waals surface area contributed by atoms with Crippen LogP contribution in [0.2, 0.25) is 0 Å². The molecule has 0 rings (SSSR count). The van der Waals surface area contributed by atoms with Crippen molar-refractivity contribution in [2.45, 2.75) is 373 Å². The van der Waals surface area contributed by atoms with Gasteiger partial charge in [0.25, 0.3) is 0 Å². The van der Waals surface area contributed by atoms with E-state index in [2.05, 4.69) is 62.5 Å². The first-order valence-corrected chi connectivity index (χ1v) is 38.4. The fraction of sp³-hybridized carbons (Fsp3) is 0.867. The molecule has 10 heteroatoms. The molecule has 0 spiro atoms. The number of likely N-dealkylation sites (N-methyl/N-ethyl adjacent to an activating group) is 1. The molecule has 0 aromatic heterocycles. The van der Waals surface area contributed by atoms with Gasteiger partial charge in [0.2, 0.25) is 0 Å². The molecular weight excluding hydrogens is 1070 g/mol. The largest absolute Gasteiger partial charge is 0.472 e. The van der Waals surface area contributed by atoms with Crippen LogP contribution in [0, 0.1) is 0 Å². The van der Waals surface area contributed by atoms with Gasteiger partial charge in [-0.15, -0.1) is 0 Å². The van der Waals surface area contributed by atoms with Crippen LogP contribution in [0.25, 0.3) is 0 Å². The first-order chi connectivity index (χ1) is 41.5. The highest BCUT2D eigenvalue weighted by atomic mass is 31.2. The van der Waals surface area contributed by atoms with Crippen molar-refractivity contribution in [3.8, 4) is 0 Å². The summed E-state index contributed by atoms with van der Waals surface area (Å²) in [5, 5.41) is 0. The Kier molecular flexibility index (Phi) is 64.8. The van der Waals surface area contributed by atoms with Crippen LogP contribution in [0.1, 0.15) is 367 Å². The Morgan fingerprint density at radius 2 is 0.671 bits per heavy atom. The van der Waals surface area contributed by atoms with E-state index in [-0.39, 0.29) is 25.6 Å². The maximum atomic E-state index is 12.9. The number of hydrogen-bond donors (Lipinski definition) is 1. The lowest BCUT2D eigenvalue weighted by Crippen LogP contribution is -2.37. The van der Waals surface area contributed by atoms with Crippen LogP contribution in [0.4, 0.5) is 0 Å². The summed E-state index contributed by atoms with van der Waals surface area (Å²) in [7, 11) is 1.50. The van der Waals surface area contributed by atoms with Crippen molar-refractivity contribution in [1.29, 1.82) is 0 Å². The van der Waals surface area contributed by atoms with E-state index in [1.54, 1.807) is 0 Å². The summed E-state index contributed by atoms with van der Waals surface area (Å²) in [6.45, 7) is 4.40. The van der Waals surface area contributed by atoms with E-state index in [4.69, 9.17) is 18.5 Å². The molecule has 0 saturated carbocycles. The van der Waals surface area contributed by atoms with Crippen molar-refractivity contribution in [2.75, 3.05) is 47.5 Å². The number of ether oxygens (including phenoxy) is 2. The van der Waals surface area contributed by atoms with Gasteiger partial charge in [-0.25, -0.2) is 4.57 Å². The van der Waals surface area contributed by atoms with Gasteiger partial charge in [-0.1, -0.05) is 351 Å². The van der Waals surface area contributed by atoms with Gasteiger partial charge in [0.15, 0.2) is 6.10 Å². The number of phosphoric acid groups is 1. The lowest BCUT2D eigenvalue weighted by molar-refractivity contribution is -0.870. The Morgan fingerprint density at radius 3 is 1.00 bits per heavy atom. The molecular formula is C75H143NO8P+. The van der Waals surface area contributed by atoms with Crippen LogP contribution in [0.5, 0.6) is 0 Å². The average molecular weight is 1220 g/mol. The highest BCUT2D eigenvalue weighted by Gasteiger charge is 2.27. The molecule has 0 aliphatic rings. The summed E-state index contributed by atoms with van der Waals surface area (Å²) in [5.74, 6) is -0.775. The molecule has 0 heterocycles. The second kappa shape index (κ2) is 66.4. The SMILES string of the molecule is CC/C=C\C/C=C\C/C=C\C/C=C\CCCCCCCCCCCCCCCCCCCCC(=O)OC(COC(=O)CCCCCCCCCCCCCCCCCCCCCCCCCCCCCCCC)COP(=O)(O)OCC[N+](C)(C)C. The quantitative estimate of drug-likeness (QED) is 0.0211. The van der Waals surface area contributed by atoms with E-state index in [1.807, 2.05) is 21.1 Å². The molecule has 9 nitrogen and oxygen atoms in total. The zero-order chi connectivity index (χ0) is 61.9. The van der Waals surface area contributed by atoms with Crippen molar-refractivity contribution in [1.82, 2.24) is 0 Å². The summed E-state index contributed by atoms with van der Waals surface area (Å²) in [6.07, 6.45) is 86.7. The number of allylic oxidation sites excluding steroid dienone is 8. The van der Waals surface area contributed by atoms with Gasteiger partial charge in [-0.2, -0.15) is 0 Å². The minimum Gasteiger partial charge on any atom is -0.462 e. The minimum absolute atomic E-state index is 0.0342. The predicted octanol–water partition coefficient (Wildman–Crippen LogP) is 24.0. The van der Waals surface area contributed by atoms with Crippen LogP contribution in [0.3, 0.4) is 0 Å². The first-order valence-electron chi connectivity index (χ1n) is 36.9. The molecule has 0 aromatic rings. The summed E-state index contributed by atoms with van der Waals surface area (Å²) >= 11 is 0. The van der Waals surface area contributed by atoms with Crippen molar-refractivity contribution in [3.63, 3.8) is 0 Å². The van der Waals surface area contributed by atoms with Crippen LogP contribution < -0.4 is 0 Å². The third-order valence-corrected chi connectivity index (χ3v) is 17.6. The van der Waals surface area contributed by atoms with Crippen LogP contribution in [-0.2, 0) is 32.7 Å². The molecule has 0 radical (unpaired) electrons. The smallest absolute Gasteiger partial charge is 0.462 e. The highest BCUT2D eigenvalue weighted by Crippen LogP contribution is 2.43. The third kappa shape index (κ3) is 70.9. The van der Waals surface area contributed by atoms with Crippen LogP contribution in [-0.4, -0.2) is 74.9 Å². The number of unbranched alkanes of at least 4 members (excludes halogenated alkanes) is 47. The van der Waals surface area contributed by atoms with E-state index >= 15 is 0 Å². The second-order valence-corrected chi connectivity index (χ2v) is 27.8. The highest BCUT2D eigenvalue weighted by molar-refractivity contribution is 7.47. The lowest BCUT2D eigenvalue weighted by atomic mass is 10.0. The van der Waals surface area contributed by atoms with Crippen molar-refractivity contribution in [3.05, 3.63) is 48.6 Å². The fourth-order valence-corrected chi connectivity index (χ4v) is 11.8. The summed E-state index contributed by atoms with van der Waals surface area (Å²) < 4.78 is 34.8. The van der Waals surface area contributed by atoms with Gasteiger partial charge in [-0.05, 0) is 51.4 Å². The Bertz CT molecular complexity index is 1570. The van der Waals surface area contributed by atoms with Gasteiger partial charge in [0.1, 0.15) is 19.8 Å². The molecule has 2 unspecified atom stereocenters. The number of carbonyl (C=O) groups excluding carboxylic acids is 2. The zero-order valence-electron chi connectivity index (χ0n) is 57.1. The van der Waals surface area contributed by atoms with Gasteiger partial charge < -0.3 is 18.9 Å². The van der Waals surface area contributed by atoms with Gasteiger partial charge in [0.05, 0.1) is 27.7 Å². The average Bonchev–Trinajstić information content (AvgIpc) is 3.50. The summed E-state index contributed by atoms with van der Waals surface area (Å²) in [5.41, 5.74) is 0. The maximum absolute atomic E-state index is 12.9. The molecule has 0 amide bonds. The monoisotopic (exact) mass is 1220 g/mol. The van der Waals surface area contributed by atoms with Gasteiger partial charge in [0, 0.05) is 12.8 Å². The lowest BCUT2D eigenvalue weighted by Gasteiger charge is -2.24. The minimum atomic E-state index is -4.39. The molecule has 85 heavy (non-hydrogen) atoms. The summed E-state index contributed by atoms with van der Waals surface area (Å²) in [6, 6.07) is 0. The van der Waals surface area contributed by atoms with Crippen LogP contribution >= 0.6 is 7.82 Å². The molecule has 0 bridgehead atoms. The molecule has 0 aliphatic heterocycles. The van der Waals surface area contributed by atoms with E-state index in [0.717, 1.165) is 57.8 Å². The Labute approximate surface area is 528 Å². The Balaban J connectivity index is 3.96. The van der Waals surface area contributed by atoms with Crippen molar-refractivity contribution in [2.24, 2.45) is 0 Å². The number of esters is 2. The normalized spacial score (nSPS) is 13.3. The van der Waals surface area contributed by atoms with E-state index < -0.39 is 26.5 Å². The maximum Gasteiger partial charge on any atom is 0.472 e. The van der Waals surface area contributed by atoms with Crippen molar-refractivity contribution < 1.29 is 42.1 Å². The second-order valence-electron chi connectivity index (χ2n) is 26.3. The number of quaternary nitrogens is 1. The first kappa shape index (κ1) is 83.0. The van der Waals surface area contributed by atoms with Gasteiger partial charge in [-0.3, -0.25) is 18.6 Å². The fourth-order valence-electron chi connectivity index (χ4n) is 11.0. The van der Waals surface area contributed by atoms with E-state index in [9.17, 15) is 19.0 Å². The Hall–Kier alpha value is -2.03. The summed E-state index contributed by atoms with van der Waals surface area (Å²) in [4.78, 5) is 35.9. The van der Waals surface area contributed by atoms with Crippen LogP contribution in [0.15, 0.2) is 48.6 Å². The topological polar surface area (TPSA) is 108 Å². The molecule has 1 N–H and O–H groups in total. The predicted molar refractivity (Wildman–Crippen MR) is 367 cm³/mol. The molecule has 0 aromatic carbocycles. The molecule has 0 aliphatic carbocycles.